The maximum atomic E-state index is 3.30. The predicted molar refractivity (Wildman–Crippen MR) is 75.6 cm³/mol. The molecule has 2 aromatic rings. The molecule has 1 aromatic carbocycles. The molecular formula is C15H19NS. The number of rotatable bonds is 6. The van der Waals surface area contributed by atoms with E-state index < -0.39 is 0 Å². The highest BCUT2D eigenvalue weighted by atomic mass is 32.1. The first-order valence-electron chi connectivity index (χ1n) is 6.08. The minimum absolute atomic E-state index is 0.678. The highest BCUT2D eigenvalue weighted by Gasteiger charge is 2.10. The largest absolute Gasteiger partial charge is 0.319 e. The normalized spacial score (nSPS) is 12.5. The number of nitrogens with one attached hydrogen (secondary N) is 1. The minimum Gasteiger partial charge on any atom is -0.319 e. The van der Waals surface area contributed by atoms with Crippen LogP contribution in [0.25, 0.3) is 0 Å². The van der Waals surface area contributed by atoms with Gasteiger partial charge >= 0.3 is 0 Å². The summed E-state index contributed by atoms with van der Waals surface area (Å²) >= 11 is 1.79. The molecule has 1 aromatic heterocycles. The summed E-state index contributed by atoms with van der Waals surface area (Å²) in [4.78, 5) is 0. The minimum atomic E-state index is 0.678. The van der Waals surface area contributed by atoms with Crippen molar-refractivity contribution >= 4 is 11.3 Å². The molecule has 0 aliphatic heterocycles. The number of thiophene rings is 1. The number of hydrogen-bond donors (Lipinski definition) is 1. The Bertz CT molecular complexity index is 408. The lowest BCUT2D eigenvalue weighted by atomic mass is 9.93. The molecule has 0 spiro atoms. The second kappa shape index (κ2) is 6.58. The van der Waals surface area contributed by atoms with E-state index in [1.807, 2.05) is 7.05 Å². The Kier molecular flexibility index (Phi) is 4.77. The summed E-state index contributed by atoms with van der Waals surface area (Å²) in [5.41, 5.74) is 2.90. The molecule has 90 valence electrons. The Labute approximate surface area is 108 Å². The highest BCUT2D eigenvalue weighted by Crippen LogP contribution is 2.16. The molecule has 1 atom stereocenters. The van der Waals surface area contributed by atoms with E-state index in [1.54, 1.807) is 11.3 Å². The quantitative estimate of drug-likeness (QED) is 0.823. The zero-order valence-electron chi connectivity index (χ0n) is 10.2. The van der Waals surface area contributed by atoms with Gasteiger partial charge in [-0.2, -0.15) is 11.3 Å². The van der Waals surface area contributed by atoms with Crippen LogP contribution in [0, 0.1) is 5.92 Å². The molecule has 0 aliphatic carbocycles. The Morgan fingerprint density at radius 1 is 1.06 bits per heavy atom. The smallest absolute Gasteiger partial charge is 0.00172 e. The van der Waals surface area contributed by atoms with E-state index in [2.05, 4.69) is 52.5 Å². The van der Waals surface area contributed by atoms with E-state index in [9.17, 15) is 0 Å². The lowest BCUT2D eigenvalue weighted by molar-refractivity contribution is 0.494. The van der Waals surface area contributed by atoms with E-state index in [0.717, 1.165) is 13.0 Å². The van der Waals surface area contributed by atoms with E-state index in [4.69, 9.17) is 0 Å². The summed E-state index contributed by atoms with van der Waals surface area (Å²) in [5, 5.41) is 7.72. The van der Waals surface area contributed by atoms with Crippen LogP contribution in [0.5, 0.6) is 0 Å². The van der Waals surface area contributed by atoms with Crippen LogP contribution in [0.4, 0.5) is 0 Å². The molecular weight excluding hydrogens is 226 g/mol. The van der Waals surface area contributed by atoms with Gasteiger partial charge in [0.15, 0.2) is 0 Å². The van der Waals surface area contributed by atoms with Gasteiger partial charge < -0.3 is 5.32 Å². The van der Waals surface area contributed by atoms with E-state index >= 15 is 0 Å². The van der Waals surface area contributed by atoms with E-state index in [0.29, 0.717) is 5.92 Å². The SMILES string of the molecule is CNCC(Cc1ccccc1)Cc1ccsc1. The molecule has 0 bridgehead atoms. The Balaban J connectivity index is 1.97. The molecule has 0 amide bonds. The summed E-state index contributed by atoms with van der Waals surface area (Å²) < 4.78 is 0. The van der Waals surface area contributed by atoms with Crippen LogP contribution in [0.1, 0.15) is 11.1 Å². The predicted octanol–water partition coefficient (Wildman–Crippen LogP) is 3.37. The van der Waals surface area contributed by atoms with E-state index in [1.165, 1.54) is 17.5 Å². The molecule has 1 nitrogen and oxygen atoms in total. The monoisotopic (exact) mass is 245 g/mol. The van der Waals surface area contributed by atoms with Gasteiger partial charge in [-0.1, -0.05) is 30.3 Å². The van der Waals surface area contributed by atoms with Crippen LogP contribution in [0.3, 0.4) is 0 Å². The van der Waals surface area contributed by atoms with Crippen molar-refractivity contribution in [1.82, 2.24) is 5.32 Å². The molecule has 2 rings (SSSR count). The molecule has 0 aliphatic rings. The Morgan fingerprint density at radius 3 is 2.47 bits per heavy atom. The van der Waals surface area contributed by atoms with Crippen LogP contribution in [0.15, 0.2) is 47.2 Å². The molecule has 2 heteroatoms. The number of hydrogen-bond acceptors (Lipinski definition) is 2. The second-order valence-corrected chi connectivity index (χ2v) is 5.23. The highest BCUT2D eigenvalue weighted by molar-refractivity contribution is 7.07. The summed E-state index contributed by atoms with van der Waals surface area (Å²) in [6, 6.07) is 13.0. The molecule has 1 heterocycles. The van der Waals surface area contributed by atoms with Crippen LogP contribution in [0.2, 0.25) is 0 Å². The van der Waals surface area contributed by atoms with Crippen molar-refractivity contribution in [1.29, 1.82) is 0 Å². The second-order valence-electron chi connectivity index (χ2n) is 4.45. The van der Waals surface area contributed by atoms with Crippen molar-refractivity contribution in [2.24, 2.45) is 5.92 Å². The van der Waals surface area contributed by atoms with Gasteiger partial charge in [0.25, 0.3) is 0 Å². The fourth-order valence-electron chi connectivity index (χ4n) is 2.19. The lowest BCUT2D eigenvalue weighted by Gasteiger charge is -2.16. The van der Waals surface area contributed by atoms with Crippen molar-refractivity contribution in [2.75, 3.05) is 13.6 Å². The van der Waals surface area contributed by atoms with Crippen molar-refractivity contribution in [3.63, 3.8) is 0 Å². The van der Waals surface area contributed by atoms with Gasteiger partial charge in [0.05, 0.1) is 0 Å². The Hall–Kier alpha value is -1.12. The van der Waals surface area contributed by atoms with Gasteiger partial charge in [-0.3, -0.25) is 0 Å². The van der Waals surface area contributed by atoms with Gasteiger partial charge in [0.2, 0.25) is 0 Å². The van der Waals surface area contributed by atoms with Crippen LogP contribution in [-0.2, 0) is 12.8 Å². The molecule has 1 unspecified atom stereocenters. The number of benzene rings is 1. The molecule has 17 heavy (non-hydrogen) atoms. The summed E-state index contributed by atoms with van der Waals surface area (Å²) in [6.07, 6.45) is 2.32. The maximum Gasteiger partial charge on any atom is -0.00172 e. The summed E-state index contributed by atoms with van der Waals surface area (Å²) in [7, 11) is 2.03. The summed E-state index contributed by atoms with van der Waals surface area (Å²) in [5.74, 6) is 0.678. The van der Waals surface area contributed by atoms with Crippen LogP contribution < -0.4 is 5.32 Å². The topological polar surface area (TPSA) is 12.0 Å². The first kappa shape index (κ1) is 12.3. The average Bonchev–Trinajstić information content (AvgIpc) is 2.83. The zero-order valence-corrected chi connectivity index (χ0v) is 11.0. The fourth-order valence-corrected chi connectivity index (χ4v) is 2.88. The molecule has 0 saturated carbocycles. The first-order valence-corrected chi connectivity index (χ1v) is 7.02. The summed E-state index contributed by atoms with van der Waals surface area (Å²) in [6.45, 7) is 1.07. The molecule has 0 fully saturated rings. The third-order valence-corrected chi connectivity index (χ3v) is 3.70. The first-order chi connectivity index (χ1) is 8.38. The molecule has 1 N–H and O–H groups in total. The van der Waals surface area contributed by atoms with Gasteiger partial charge in [0, 0.05) is 0 Å². The van der Waals surface area contributed by atoms with Crippen molar-refractivity contribution in [2.45, 2.75) is 12.8 Å². The van der Waals surface area contributed by atoms with E-state index in [-0.39, 0.29) is 0 Å². The van der Waals surface area contributed by atoms with Crippen LogP contribution >= 0.6 is 11.3 Å². The average molecular weight is 245 g/mol. The van der Waals surface area contributed by atoms with Crippen molar-refractivity contribution in [3.05, 3.63) is 58.3 Å². The standard InChI is InChI=1S/C15H19NS/c1-16-11-15(10-14-7-8-17-12-14)9-13-5-3-2-4-6-13/h2-8,12,15-16H,9-11H2,1H3. The van der Waals surface area contributed by atoms with Gasteiger partial charge in [-0.05, 0) is 60.3 Å². The third kappa shape index (κ3) is 3.99. The van der Waals surface area contributed by atoms with Gasteiger partial charge in [-0.15, -0.1) is 0 Å². The zero-order chi connectivity index (χ0) is 11.9. The van der Waals surface area contributed by atoms with Crippen molar-refractivity contribution < 1.29 is 0 Å². The Morgan fingerprint density at radius 2 is 1.82 bits per heavy atom. The maximum absolute atomic E-state index is 3.30. The third-order valence-electron chi connectivity index (χ3n) is 2.96. The lowest BCUT2D eigenvalue weighted by Crippen LogP contribution is -2.22. The fraction of sp³-hybridized carbons (Fsp3) is 0.333. The molecule has 0 radical (unpaired) electrons. The van der Waals surface area contributed by atoms with Gasteiger partial charge in [-0.25, -0.2) is 0 Å². The van der Waals surface area contributed by atoms with Crippen LogP contribution in [-0.4, -0.2) is 13.6 Å². The van der Waals surface area contributed by atoms with Gasteiger partial charge in [0.1, 0.15) is 0 Å². The molecule has 0 saturated heterocycles. The van der Waals surface area contributed by atoms with Crippen molar-refractivity contribution in [3.8, 4) is 0 Å².